The zero-order chi connectivity index (χ0) is 17.9. The van der Waals surface area contributed by atoms with Crippen molar-refractivity contribution in [2.24, 2.45) is 0 Å². The van der Waals surface area contributed by atoms with E-state index in [1.54, 1.807) is 34.4 Å². The van der Waals surface area contributed by atoms with E-state index in [-0.39, 0.29) is 28.9 Å². The summed E-state index contributed by atoms with van der Waals surface area (Å²) in [4.78, 5) is 14.2. The molecule has 1 aromatic heterocycles. The van der Waals surface area contributed by atoms with Crippen LogP contribution in [0.1, 0.15) is 12.0 Å². The summed E-state index contributed by atoms with van der Waals surface area (Å²) in [6.07, 6.45) is 1.18. The molecule has 1 saturated heterocycles. The average Bonchev–Trinajstić information content (AvgIpc) is 3.13. The van der Waals surface area contributed by atoms with E-state index in [4.69, 9.17) is 11.6 Å². The second kappa shape index (κ2) is 7.86. The maximum absolute atomic E-state index is 12.7. The number of carbonyl (C=O) groups excluding carboxylic acids is 1. The minimum atomic E-state index is -3.62. The number of amides is 1. The molecular weight excluding hydrogens is 380 g/mol. The summed E-state index contributed by atoms with van der Waals surface area (Å²) >= 11 is 7.65. The van der Waals surface area contributed by atoms with Gasteiger partial charge in [-0.05, 0) is 40.9 Å². The Hall–Kier alpha value is -1.41. The van der Waals surface area contributed by atoms with Crippen molar-refractivity contribution in [3.8, 4) is 0 Å². The third-order valence-corrected chi connectivity index (χ3v) is 7.38. The Morgan fingerprint density at radius 1 is 1.12 bits per heavy atom. The van der Waals surface area contributed by atoms with Gasteiger partial charge in [-0.1, -0.05) is 23.7 Å². The zero-order valence-electron chi connectivity index (χ0n) is 13.6. The normalized spacial score (nSPS) is 16.1. The quantitative estimate of drug-likeness (QED) is 0.778. The van der Waals surface area contributed by atoms with Crippen LogP contribution < -0.4 is 0 Å². The number of aryl methyl sites for hydroxylation is 1. The number of thiophene rings is 1. The molecule has 25 heavy (non-hydrogen) atoms. The van der Waals surface area contributed by atoms with Crippen molar-refractivity contribution in [1.29, 1.82) is 0 Å². The fourth-order valence-corrected chi connectivity index (χ4v) is 5.43. The predicted molar refractivity (Wildman–Crippen MR) is 99.4 cm³/mol. The Balaban J connectivity index is 1.58. The van der Waals surface area contributed by atoms with Gasteiger partial charge in [0.25, 0.3) is 0 Å². The van der Waals surface area contributed by atoms with Gasteiger partial charge in [-0.25, -0.2) is 8.42 Å². The number of rotatable bonds is 5. The molecule has 0 spiro atoms. The molecule has 3 rings (SSSR count). The van der Waals surface area contributed by atoms with Crippen LogP contribution in [0.4, 0.5) is 0 Å². The van der Waals surface area contributed by atoms with Gasteiger partial charge in [0.1, 0.15) is 4.90 Å². The molecule has 5 nitrogen and oxygen atoms in total. The standard InChI is InChI=1S/C17H19ClN2O3S2/c18-15-3-1-2-4-16(15)25(22,23)20-10-8-19(9-11-20)17(21)6-5-14-7-12-24-13-14/h1-4,7,12-13H,5-6,8-11H2. The molecule has 0 unspecified atom stereocenters. The minimum Gasteiger partial charge on any atom is -0.340 e. The second-order valence-electron chi connectivity index (χ2n) is 5.85. The lowest BCUT2D eigenvalue weighted by Gasteiger charge is -2.34. The van der Waals surface area contributed by atoms with Gasteiger partial charge in [0.2, 0.25) is 15.9 Å². The topological polar surface area (TPSA) is 57.7 Å². The highest BCUT2D eigenvalue weighted by molar-refractivity contribution is 7.89. The fourth-order valence-electron chi connectivity index (χ4n) is 2.82. The molecule has 1 aliphatic rings. The van der Waals surface area contributed by atoms with Gasteiger partial charge in [-0.3, -0.25) is 4.79 Å². The Labute approximate surface area is 156 Å². The van der Waals surface area contributed by atoms with Crippen LogP contribution in [-0.4, -0.2) is 49.7 Å². The van der Waals surface area contributed by atoms with Gasteiger partial charge in [-0.2, -0.15) is 15.6 Å². The highest BCUT2D eigenvalue weighted by Gasteiger charge is 2.31. The van der Waals surface area contributed by atoms with Gasteiger partial charge in [0, 0.05) is 32.6 Å². The van der Waals surface area contributed by atoms with Crippen LogP contribution >= 0.6 is 22.9 Å². The maximum atomic E-state index is 12.7. The molecule has 0 bridgehead atoms. The molecule has 2 heterocycles. The van der Waals surface area contributed by atoms with Crippen LogP contribution in [0, 0.1) is 0 Å². The van der Waals surface area contributed by atoms with E-state index in [1.165, 1.54) is 15.9 Å². The molecule has 1 amide bonds. The molecule has 1 aromatic carbocycles. The number of hydrogen-bond acceptors (Lipinski definition) is 4. The summed E-state index contributed by atoms with van der Waals surface area (Å²) in [6, 6.07) is 8.45. The first kappa shape index (κ1) is 18.4. The van der Waals surface area contributed by atoms with Gasteiger partial charge >= 0.3 is 0 Å². The molecule has 134 valence electrons. The molecular formula is C17H19ClN2O3S2. The van der Waals surface area contributed by atoms with E-state index >= 15 is 0 Å². The van der Waals surface area contributed by atoms with Crippen LogP contribution in [-0.2, 0) is 21.2 Å². The first-order valence-corrected chi connectivity index (χ1v) is 10.8. The first-order chi connectivity index (χ1) is 12.0. The third kappa shape index (κ3) is 4.23. The van der Waals surface area contributed by atoms with Crippen molar-refractivity contribution in [3.63, 3.8) is 0 Å². The van der Waals surface area contributed by atoms with E-state index in [2.05, 4.69) is 0 Å². The number of piperazine rings is 1. The lowest BCUT2D eigenvalue weighted by Crippen LogP contribution is -2.50. The number of halogens is 1. The van der Waals surface area contributed by atoms with E-state index in [0.717, 1.165) is 6.42 Å². The van der Waals surface area contributed by atoms with E-state index < -0.39 is 10.0 Å². The fraction of sp³-hybridized carbons (Fsp3) is 0.353. The van der Waals surface area contributed by atoms with Crippen LogP contribution in [0.25, 0.3) is 0 Å². The van der Waals surface area contributed by atoms with Crippen LogP contribution in [0.5, 0.6) is 0 Å². The largest absolute Gasteiger partial charge is 0.340 e. The van der Waals surface area contributed by atoms with E-state index in [0.29, 0.717) is 19.5 Å². The molecule has 0 atom stereocenters. The number of benzene rings is 1. The smallest absolute Gasteiger partial charge is 0.244 e. The number of sulfonamides is 1. The lowest BCUT2D eigenvalue weighted by molar-refractivity contribution is -0.132. The minimum absolute atomic E-state index is 0.0704. The van der Waals surface area contributed by atoms with Crippen molar-refractivity contribution in [3.05, 3.63) is 51.7 Å². The molecule has 0 saturated carbocycles. The van der Waals surface area contributed by atoms with Crippen molar-refractivity contribution in [2.45, 2.75) is 17.7 Å². The van der Waals surface area contributed by atoms with Crippen molar-refractivity contribution >= 4 is 38.9 Å². The molecule has 1 aliphatic heterocycles. The molecule has 1 fully saturated rings. The van der Waals surface area contributed by atoms with Gasteiger partial charge < -0.3 is 4.90 Å². The van der Waals surface area contributed by atoms with Gasteiger partial charge in [-0.15, -0.1) is 0 Å². The summed E-state index contributed by atoms with van der Waals surface area (Å²) in [5, 5.41) is 4.26. The lowest BCUT2D eigenvalue weighted by atomic mass is 10.1. The Morgan fingerprint density at radius 2 is 1.84 bits per heavy atom. The SMILES string of the molecule is O=C(CCc1ccsc1)N1CCN(S(=O)(=O)c2ccccc2Cl)CC1. The monoisotopic (exact) mass is 398 g/mol. The highest BCUT2D eigenvalue weighted by atomic mass is 35.5. The molecule has 8 heteroatoms. The summed E-state index contributed by atoms with van der Waals surface area (Å²) in [5.74, 6) is 0.0704. The third-order valence-electron chi connectivity index (χ3n) is 4.25. The second-order valence-corrected chi connectivity index (χ2v) is 8.94. The van der Waals surface area contributed by atoms with Crippen LogP contribution in [0.3, 0.4) is 0 Å². The molecule has 0 N–H and O–H groups in total. The average molecular weight is 399 g/mol. The molecule has 2 aromatic rings. The van der Waals surface area contributed by atoms with Gasteiger partial charge in [0.15, 0.2) is 0 Å². The first-order valence-electron chi connectivity index (χ1n) is 8.02. The predicted octanol–water partition coefficient (Wildman–Crippen LogP) is 2.87. The van der Waals surface area contributed by atoms with E-state index in [1.807, 2.05) is 16.8 Å². The zero-order valence-corrected chi connectivity index (χ0v) is 16.0. The maximum Gasteiger partial charge on any atom is 0.244 e. The highest BCUT2D eigenvalue weighted by Crippen LogP contribution is 2.25. The summed E-state index contributed by atoms with van der Waals surface area (Å²) in [6.45, 7) is 1.40. The van der Waals surface area contributed by atoms with E-state index in [9.17, 15) is 13.2 Å². The van der Waals surface area contributed by atoms with Gasteiger partial charge in [0.05, 0.1) is 5.02 Å². The van der Waals surface area contributed by atoms with Crippen molar-refractivity contribution in [1.82, 2.24) is 9.21 Å². The van der Waals surface area contributed by atoms with Crippen molar-refractivity contribution < 1.29 is 13.2 Å². The number of nitrogens with zero attached hydrogens (tertiary/aromatic N) is 2. The summed E-state index contributed by atoms with van der Waals surface area (Å²) < 4.78 is 26.8. The van der Waals surface area contributed by atoms with Crippen molar-refractivity contribution in [2.75, 3.05) is 26.2 Å². The number of carbonyl (C=O) groups is 1. The van der Waals surface area contributed by atoms with Crippen LogP contribution in [0.15, 0.2) is 46.0 Å². The van der Waals surface area contributed by atoms with Crippen LogP contribution in [0.2, 0.25) is 5.02 Å². The Morgan fingerprint density at radius 3 is 2.48 bits per heavy atom. The molecule has 0 aliphatic carbocycles. The molecule has 0 radical (unpaired) electrons. The Bertz CT molecular complexity index is 829. The summed E-state index contributed by atoms with van der Waals surface area (Å²) in [5.41, 5.74) is 1.17. The number of hydrogen-bond donors (Lipinski definition) is 0. The summed E-state index contributed by atoms with van der Waals surface area (Å²) in [7, 11) is -3.62. The Kier molecular flexibility index (Phi) is 5.78.